The van der Waals surface area contributed by atoms with Crippen LogP contribution in [0.4, 0.5) is 0 Å². The summed E-state index contributed by atoms with van der Waals surface area (Å²) >= 11 is 0. The maximum absolute atomic E-state index is 12.1. The van der Waals surface area contributed by atoms with Crippen LogP contribution in [0, 0.1) is 5.92 Å². The van der Waals surface area contributed by atoms with Gasteiger partial charge in [-0.05, 0) is 43.9 Å². The first-order valence-corrected chi connectivity index (χ1v) is 8.91. The van der Waals surface area contributed by atoms with E-state index < -0.39 is 10.1 Å². The number of Topliss-reactive ketones (excluding diaryl/α,β-unsaturated/α-hetero) is 1. The summed E-state index contributed by atoms with van der Waals surface area (Å²) in [6.45, 7) is 0.950. The fraction of sp³-hybridized carbons (Fsp3) is 0.438. The predicted molar refractivity (Wildman–Crippen MR) is 81.6 cm³/mol. The van der Waals surface area contributed by atoms with Gasteiger partial charge in [-0.15, -0.1) is 0 Å². The summed E-state index contributed by atoms with van der Waals surface area (Å²) in [5.41, 5.74) is 0.454. The largest absolute Gasteiger partial charge is 0.387 e. The van der Waals surface area contributed by atoms with Crippen LogP contribution in [0.2, 0.25) is 0 Å². The topological polar surface area (TPSA) is 72.5 Å². The lowest BCUT2D eigenvalue weighted by Crippen LogP contribution is -2.45. The molecule has 3 rings (SSSR count). The predicted octanol–water partition coefficient (Wildman–Crippen LogP) is 2.01. The third-order valence-electron chi connectivity index (χ3n) is 4.32. The summed E-state index contributed by atoms with van der Waals surface area (Å²) in [5.74, 6) is 0.359. The number of hydrogen-bond acceptors (Lipinski definition) is 5. The van der Waals surface area contributed by atoms with Crippen molar-refractivity contribution in [2.24, 2.45) is 5.92 Å². The summed E-state index contributed by atoms with van der Waals surface area (Å²) in [5, 5.41) is 3.40. The highest BCUT2D eigenvalue weighted by Crippen LogP contribution is 2.31. The van der Waals surface area contributed by atoms with E-state index in [9.17, 15) is 13.2 Å². The molecular weight excluding hydrogens is 302 g/mol. The highest BCUT2D eigenvalue weighted by Gasteiger charge is 2.34. The van der Waals surface area contributed by atoms with Crippen molar-refractivity contribution < 1.29 is 17.4 Å². The van der Waals surface area contributed by atoms with Gasteiger partial charge in [0.05, 0.1) is 0 Å². The van der Waals surface area contributed by atoms with Crippen LogP contribution in [0.3, 0.4) is 0 Å². The molecule has 118 valence electrons. The Morgan fingerprint density at radius 1 is 1.18 bits per heavy atom. The van der Waals surface area contributed by atoms with E-state index >= 15 is 0 Å². The van der Waals surface area contributed by atoms with Crippen LogP contribution in [0.5, 0.6) is 0 Å². The quantitative estimate of drug-likeness (QED) is 0.524. The Labute approximate surface area is 130 Å². The van der Waals surface area contributed by atoms with Crippen LogP contribution >= 0.6 is 0 Å². The van der Waals surface area contributed by atoms with Crippen LogP contribution in [0.15, 0.2) is 47.1 Å². The molecule has 0 amide bonds. The fourth-order valence-electron chi connectivity index (χ4n) is 3.10. The van der Waals surface area contributed by atoms with Crippen molar-refractivity contribution in [3.8, 4) is 0 Å². The Morgan fingerprint density at radius 2 is 1.95 bits per heavy atom. The monoisotopic (exact) mass is 321 g/mol. The summed E-state index contributed by atoms with van der Waals surface area (Å²) in [6.07, 6.45) is 4.27. The lowest BCUT2D eigenvalue weighted by molar-refractivity contribution is -0.118. The first-order chi connectivity index (χ1) is 10.6. The molecule has 22 heavy (non-hydrogen) atoms. The van der Waals surface area contributed by atoms with Gasteiger partial charge in [-0.2, -0.15) is 8.42 Å². The van der Waals surface area contributed by atoms with Crippen LogP contribution in [0.1, 0.15) is 25.7 Å². The van der Waals surface area contributed by atoms with Crippen LogP contribution in [-0.2, 0) is 19.1 Å². The molecule has 1 heterocycles. The molecule has 1 aliphatic heterocycles. The van der Waals surface area contributed by atoms with Gasteiger partial charge in [0.15, 0.2) is 5.78 Å². The molecule has 0 aromatic heterocycles. The second-order valence-corrected chi connectivity index (χ2v) is 7.37. The lowest BCUT2D eigenvalue weighted by atomic mass is 9.77. The van der Waals surface area contributed by atoms with Gasteiger partial charge in [0.25, 0.3) is 0 Å². The molecular formula is C16H19NO4S. The molecule has 2 unspecified atom stereocenters. The van der Waals surface area contributed by atoms with E-state index in [1.165, 1.54) is 12.1 Å². The summed E-state index contributed by atoms with van der Waals surface area (Å²) in [7, 11) is -3.86. The minimum atomic E-state index is -3.86. The minimum Gasteiger partial charge on any atom is -0.387 e. The molecule has 6 heteroatoms. The molecule has 2 fully saturated rings. The second kappa shape index (κ2) is 6.22. The van der Waals surface area contributed by atoms with E-state index in [0.717, 1.165) is 25.6 Å². The number of carbonyl (C=O) groups is 1. The van der Waals surface area contributed by atoms with Crippen LogP contribution < -0.4 is 5.32 Å². The zero-order valence-electron chi connectivity index (χ0n) is 12.2. The molecule has 0 bridgehead atoms. The maximum atomic E-state index is 12.1. The zero-order valence-corrected chi connectivity index (χ0v) is 13.0. The number of benzene rings is 1. The highest BCUT2D eigenvalue weighted by molar-refractivity contribution is 7.86. The third kappa shape index (κ3) is 3.23. The first kappa shape index (κ1) is 15.2. The normalized spacial score (nSPS) is 27.5. The second-order valence-electron chi connectivity index (χ2n) is 5.80. The number of carbonyl (C=O) groups excluding carboxylic acids is 1. The third-order valence-corrected chi connectivity index (χ3v) is 5.52. The number of ketones is 1. The number of nitrogens with one attached hydrogen (secondary N) is 1. The van der Waals surface area contributed by atoms with E-state index in [1.54, 1.807) is 18.2 Å². The Bertz CT molecular complexity index is 681. The van der Waals surface area contributed by atoms with Gasteiger partial charge in [-0.25, -0.2) is 0 Å². The highest BCUT2D eigenvalue weighted by atomic mass is 32.2. The molecule has 1 aromatic carbocycles. The molecule has 2 aliphatic rings. The van der Waals surface area contributed by atoms with Crippen molar-refractivity contribution in [2.45, 2.75) is 36.6 Å². The lowest BCUT2D eigenvalue weighted by Gasteiger charge is -2.36. The zero-order chi connectivity index (χ0) is 15.6. The summed E-state index contributed by atoms with van der Waals surface area (Å²) in [6, 6.07) is 8.18. The fourth-order valence-corrected chi connectivity index (χ4v) is 3.95. The number of piperidine rings is 1. The molecule has 1 N–H and O–H groups in total. The summed E-state index contributed by atoms with van der Waals surface area (Å²) < 4.78 is 29.1. The van der Waals surface area contributed by atoms with Gasteiger partial charge in [-0.3, -0.25) is 4.79 Å². The maximum Gasteiger partial charge on any atom is 0.338 e. The van der Waals surface area contributed by atoms with Gasteiger partial charge in [0.1, 0.15) is 11.2 Å². The van der Waals surface area contributed by atoms with Crippen molar-refractivity contribution in [1.29, 1.82) is 0 Å². The Morgan fingerprint density at radius 3 is 2.73 bits per heavy atom. The molecule has 0 spiro atoms. The number of hydrogen-bond donors (Lipinski definition) is 1. The molecule has 1 saturated carbocycles. The van der Waals surface area contributed by atoms with Crippen molar-refractivity contribution in [3.05, 3.63) is 42.2 Å². The average Bonchev–Trinajstić information content (AvgIpc) is 2.54. The Kier molecular flexibility index (Phi) is 4.31. The molecule has 2 atom stereocenters. The molecule has 0 radical (unpaired) electrons. The van der Waals surface area contributed by atoms with Crippen molar-refractivity contribution in [1.82, 2.24) is 5.32 Å². The van der Waals surface area contributed by atoms with E-state index in [4.69, 9.17) is 4.18 Å². The van der Waals surface area contributed by atoms with E-state index in [2.05, 4.69) is 5.32 Å². The Balaban J connectivity index is 1.73. The van der Waals surface area contributed by atoms with E-state index in [0.29, 0.717) is 24.3 Å². The van der Waals surface area contributed by atoms with Crippen molar-refractivity contribution in [3.63, 3.8) is 0 Å². The van der Waals surface area contributed by atoms with Gasteiger partial charge >= 0.3 is 10.1 Å². The van der Waals surface area contributed by atoms with Gasteiger partial charge in [0.2, 0.25) is 0 Å². The van der Waals surface area contributed by atoms with E-state index in [-0.39, 0.29) is 16.7 Å². The molecule has 1 saturated heterocycles. The van der Waals surface area contributed by atoms with Crippen LogP contribution in [-0.4, -0.2) is 26.8 Å². The van der Waals surface area contributed by atoms with Crippen LogP contribution in [0.25, 0.3) is 0 Å². The van der Waals surface area contributed by atoms with Crippen molar-refractivity contribution in [2.75, 3.05) is 6.54 Å². The van der Waals surface area contributed by atoms with E-state index in [1.807, 2.05) is 0 Å². The first-order valence-electron chi connectivity index (χ1n) is 7.50. The standard InChI is InChI=1S/C16H19NO4S/c18-16-10-12-5-4-8-17-15(12)9-13(16)11-21-22(19,20)14-6-2-1-3-7-14/h1-3,6-7,11-12,15,17H,4-5,8-10H2. The summed E-state index contributed by atoms with van der Waals surface area (Å²) in [4.78, 5) is 12.2. The SMILES string of the molecule is O=C1CC2CCCNC2CC1=COS(=O)(=O)c1ccccc1. The molecule has 1 aromatic rings. The van der Waals surface area contributed by atoms with Gasteiger partial charge in [0, 0.05) is 18.0 Å². The van der Waals surface area contributed by atoms with Crippen molar-refractivity contribution >= 4 is 15.9 Å². The van der Waals surface area contributed by atoms with Gasteiger partial charge < -0.3 is 9.50 Å². The number of fused-ring (bicyclic) bond motifs is 1. The molecule has 5 nitrogen and oxygen atoms in total. The van der Waals surface area contributed by atoms with Gasteiger partial charge in [-0.1, -0.05) is 18.2 Å². The smallest absolute Gasteiger partial charge is 0.338 e. The molecule has 1 aliphatic carbocycles. The Hall–Kier alpha value is -1.66. The average molecular weight is 321 g/mol. The minimum absolute atomic E-state index is 0.00629. The number of rotatable bonds is 3.